The van der Waals surface area contributed by atoms with Gasteiger partial charge in [-0.3, -0.25) is 9.59 Å². The number of halogens is 2. The average molecular weight is 781 g/mol. The first-order chi connectivity index (χ1) is 18.2. The molecule has 1 aliphatic heterocycles. The van der Waals surface area contributed by atoms with Gasteiger partial charge in [0.2, 0.25) is 0 Å². The molecule has 1 N–H and O–H groups in total. The van der Waals surface area contributed by atoms with E-state index in [0.29, 0.717) is 9.99 Å². The Kier molecular flexibility index (Phi) is 7.42. The second kappa shape index (κ2) is 10.1. The highest BCUT2D eigenvalue weighted by atomic mass is 127. The molecule has 0 spiro atoms. The minimum absolute atomic E-state index is 0.0284. The van der Waals surface area contributed by atoms with Crippen molar-refractivity contribution >= 4 is 73.2 Å². The number of phenols is 1. The molecule has 208 valence electrons. The Hall–Kier alpha value is -1.98. The monoisotopic (exact) mass is 781 g/mol. The maximum absolute atomic E-state index is 13.5. The van der Waals surface area contributed by atoms with Gasteiger partial charge in [0.25, 0.3) is 0 Å². The van der Waals surface area contributed by atoms with Gasteiger partial charge in [-0.25, -0.2) is 13.2 Å². The molecule has 39 heavy (non-hydrogen) atoms. The van der Waals surface area contributed by atoms with Crippen LogP contribution >= 0.6 is 45.2 Å². The number of carbonyl (C=O) groups is 3. The van der Waals surface area contributed by atoms with Crippen molar-refractivity contribution in [2.45, 2.75) is 50.2 Å². The molecule has 2 saturated carbocycles. The molecule has 1 saturated heterocycles. The van der Waals surface area contributed by atoms with Crippen LogP contribution in [0.1, 0.15) is 47.7 Å². The zero-order valence-corrected chi connectivity index (χ0v) is 26.0. The molecule has 0 radical (unpaired) electrons. The Bertz CT molecular complexity index is 1520. The molecule has 3 fully saturated rings. The molecule has 2 aromatic carbocycles. The summed E-state index contributed by atoms with van der Waals surface area (Å²) < 4.78 is 53.5. The number of aryl methyl sites for hydroxylation is 1. The zero-order valence-electron chi connectivity index (χ0n) is 20.8. The Morgan fingerprint density at radius 1 is 1.15 bits per heavy atom. The van der Waals surface area contributed by atoms with E-state index in [2.05, 4.69) is 0 Å². The van der Waals surface area contributed by atoms with Crippen molar-refractivity contribution < 1.29 is 46.7 Å². The largest absolute Gasteiger partial charge is 0.744 e. The van der Waals surface area contributed by atoms with Gasteiger partial charge in [-0.1, -0.05) is 13.8 Å². The Morgan fingerprint density at radius 2 is 1.85 bits per heavy atom. The van der Waals surface area contributed by atoms with Crippen molar-refractivity contribution in [3.8, 4) is 11.5 Å². The molecule has 6 unspecified atom stereocenters. The maximum Gasteiger partial charge on any atom is 0.342 e. The highest BCUT2D eigenvalue weighted by Crippen LogP contribution is 2.59. The molecule has 0 aromatic heterocycles. The standard InChI is InChI=1S/C26H24I2O10S/c1-9(2)12-8-17(10(3)4-18(12)39(33,34)35)36-25(31)19-13-7-14-20(19)26(32)38-23(14)22(13)37-24(30)15-5-11(27)6-16(28)21(15)29/h4-6,8-9,13-14,19-20,22-23,29H,7H2,1-3H3,(H,33,34,35)/p-1. The van der Waals surface area contributed by atoms with Crippen molar-refractivity contribution in [2.24, 2.45) is 23.7 Å². The van der Waals surface area contributed by atoms with Gasteiger partial charge < -0.3 is 23.9 Å². The van der Waals surface area contributed by atoms with Gasteiger partial charge in [0, 0.05) is 15.4 Å². The summed E-state index contributed by atoms with van der Waals surface area (Å²) in [6.45, 7) is 4.93. The first-order valence-corrected chi connectivity index (χ1v) is 15.7. The lowest BCUT2D eigenvalue weighted by Crippen LogP contribution is -2.44. The van der Waals surface area contributed by atoms with E-state index >= 15 is 0 Å². The first kappa shape index (κ1) is 28.5. The molecule has 2 aliphatic carbocycles. The van der Waals surface area contributed by atoms with Crippen molar-refractivity contribution in [1.82, 2.24) is 0 Å². The third-order valence-corrected chi connectivity index (χ3v) is 10.1. The summed E-state index contributed by atoms with van der Waals surface area (Å²) in [4.78, 5) is 38.9. The van der Waals surface area contributed by atoms with Crippen LogP contribution in [-0.2, 0) is 29.2 Å². The van der Waals surface area contributed by atoms with Crippen LogP contribution in [0.5, 0.6) is 11.5 Å². The molecule has 3 aliphatic rings. The minimum atomic E-state index is -4.75. The SMILES string of the molecule is Cc1cc(S(=O)(=O)[O-])c(C(C)C)cc1OC(=O)C1C2CC3C(OC(=O)C31)C2OC(=O)c1cc(I)cc(I)c1O. The molecule has 13 heteroatoms. The van der Waals surface area contributed by atoms with E-state index in [1.807, 2.05) is 45.2 Å². The third kappa shape index (κ3) is 4.92. The Balaban J connectivity index is 1.43. The Labute approximate surface area is 251 Å². The first-order valence-electron chi connectivity index (χ1n) is 12.1. The lowest BCUT2D eigenvalue weighted by atomic mass is 9.78. The molecule has 10 nitrogen and oxygen atoms in total. The van der Waals surface area contributed by atoms with Crippen LogP contribution in [-0.4, -0.2) is 48.2 Å². The van der Waals surface area contributed by atoms with Crippen LogP contribution < -0.4 is 4.74 Å². The van der Waals surface area contributed by atoms with E-state index < -0.39 is 58.0 Å². The van der Waals surface area contributed by atoms with Gasteiger partial charge in [-0.15, -0.1) is 0 Å². The van der Waals surface area contributed by atoms with Gasteiger partial charge in [0.1, 0.15) is 39.4 Å². The summed E-state index contributed by atoms with van der Waals surface area (Å²) in [5, 5.41) is 10.4. The Morgan fingerprint density at radius 3 is 2.49 bits per heavy atom. The fraction of sp³-hybridized carbons (Fsp3) is 0.423. The highest BCUT2D eigenvalue weighted by molar-refractivity contribution is 14.1. The number of hydrogen-bond acceptors (Lipinski definition) is 10. The van der Waals surface area contributed by atoms with Crippen LogP contribution in [0, 0.1) is 37.7 Å². The number of esters is 3. The molecular weight excluding hydrogens is 758 g/mol. The van der Waals surface area contributed by atoms with Crippen LogP contribution in [0.15, 0.2) is 29.2 Å². The number of carbonyl (C=O) groups excluding carboxylic acids is 3. The summed E-state index contributed by atoms with van der Waals surface area (Å²) in [5.41, 5.74) is 0.452. The molecule has 2 bridgehead atoms. The quantitative estimate of drug-likeness (QED) is 0.198. The van der Waals surface area contributed by atoms with E-state index in [1.54, 1.807) is 19.9 Å². The van der Waals surface area contributed by atoms with E-state index in [-0.39, 0.29) is 44.9 Å². The highest BCUT2D eigenvalue weighted by Gasteiger charge is 2.70. The summed E-state index contributed by atoms with van der Waals surface area (Å²) >= 11 is 3.92. The second-order valence-electron chi connectivity index (χ2n) is 10.4. The number of ether oxygens (including phenoxy) is 3. The fourth-order valence-corrected chi connectivity index (χ4v) is 8.76. The van der Waals surface area contributed by atoms with Crippen molar-refractivity contribution in [3.63, 3.8) is 0 Å². The second-order valence-corrected chi connectivity index (χ2v) is 14.1. The zero-order chi connectivity index (χ0) is 28.5. The number of hydrogen-bond donors (Lipinski definition) is 1. The van der Waals surface area contributed by atoms with Gasteiger partial charge in [-0.05, 0) is 99.8 Å². The molecule has 0 amide bonds. The van der Waals surface area contributed by atoms with Gasteiger partial charge in [0.05, 0.1) is 20.3 Å². The van der Waals surface area contributed by atoms with Gasteiger partial charge in [-0.2, -0.15) is 0 Å². The number of aromatic hydroxyl groups is 1. The molecule has 2 aromatic rings. The van der Waals surface area contributed by atoms with Crippen molar-refractivity contribution in [2.75, 3.05) is 0 Å². The van der Waals surface area contributed by atoms with E-state index in [0.717, 1.165) is 3.57 Å². The van der Waals surface area contributed by atoms with Crippen LogP contribution in [0.25, 0.3) is 0 Å². The smallest absolute Gasteiger partial charge is 0.342 e. The van der Waals surface area contributed by atoms with E-state index in [1.165, 1.54) is 25.1 Å². The predicted octanol–water partition coefficient (Wildman–Crippen LogP) is 3.88. The van der Waals surface area contributed by atoms with Gasteiger partial charge >= 0.3 is 17.9 Å². The lowest BCUT2D eigenvalue weighted by molar-refractivity contribution is -0.149. The topological polar surface area (TPSA) is 156 Å². The van der Waals surface area contributed by atoms with Crippen molar-refractivity contribution in [1.29, 1.82) is 0 Å². The summed E-state index contributed by atoms with van der Waals surface area (Å²) in [7, 11) is -4.75. The molecule has 6 atom stereocenters. The van der Waals surface area contributed by atoms with Gasteiger partial charge in [0.15, 0.2) is 0 Å². The maximum atomic E-state index is 13.5. The molecule has 1 heterocycles. The predicted molar refractivity (Wildman–Crippen MR) is 150 cm³/mol. The summed E-state index contributed by atoms with van der Waals surface area (Å²) in [6, 6.07) is 5.74. The van der Waals surface area contributed by atoms with E-state index in [9.17, 15) is 32.5 Å². The number of phenolic OH excluding ortho intramolecular Hbond substituents is 1. The normalized spacial score (nSPS) is 27.1. The fourth-order valence-electron chi connectivity index (χ4n) is 6.01. The third-order valence-electron chi connectivity index (χ3n) is 7.72. The lowest BCUT2D eigenvalue weighted by Gasteiger charge is -2.30. The van der Waals surface area contributed by atoms with E-state index in [4.69, 9.17) is 14.2 Å². The average Bonchev–Trinajstić information content (AvgIpc) is 3.45. The number of fused-ring (bicyclic) bond motifs is 1. The molecule has 5 rings (SSSR count). The molecular formula is C26H23I2O10S-. The van der Waals surface area contributed by atoms with Crippen LogP contribution in [0.2, 0.25) is 0 Å². The summed E-state index contributed by atoms with van der Waals surface area (Å²) in [5.74, 6) is -5.16. The number of benzene rings is 2. The van der Waals surface area contributed by atoms with Crippen LogP contribution in [0.4, 0.5) is 0 Å². The number of rotatable bonds is 6. The minimum Gasteiger partial charge on any atom is -0.744 e. The van der Waals surface area contributed by atoms with Crippen molar-refractivity contribution in [3.05, 3.63) is 48.1 Å². The van der Waals surface area contributed by atoms with Crippen LogP contribution in [0.3, 0.4) is 0 Å². The summed E-state index contributed by atoms with van der Waals surface area (Å²) in [6.07, 6.45) is -1.18.